The maximum absolute atomic E-state index is 12.3. The molecular weight excluding hydrogens is 486 g/mol. The van der Waals surface area contributed by atoms with Gasteiger partial charge in [-0.05, 0) is 0 Å². The van der Waals surface area contributed by atoms with E-state index in [-0.39, 0.29) is 21.0 Å². The molecule has 2 N–H and O–H groups in total. The van der Waals surface area contributed by atoms with E-state index in [0.717, 1.165) is 28.3 Å². The van der Waals surface area contributed by atoms with Crippen molar-refractivity contribution in [1.29, 1.82) is 0 Å². The Morgan fingerprint density at radius 1 is 1.17 bits per heavy atom. The summed E-state index contributed by atoms with van der Waals surface area (Å²) in [6.07, 6.45) is 4.21. The van der Waals surface area contributed by atoms with Crippen molar-refractivity contribution in [2.45, 2.75) is 13.5 Å². The van der Waals surface area contributed by atoms with Crippen LogP contribution in [0.2, 0.25) is 10.0 Å². The number of aromatic nitrogens is 2. The minimum absolute atomic E-state index is 0.281. The van der Waals surface area contributed by atoms with Crippen molar-refractivity contribution in [3.8, 4) is 5.69 Å². The number of urea groups is 1. The van der Waals surface area contributed by atoms with E-state index in [9.17, 15) is 4.79 Å². The summed E-state index contributed by atoms with van der Waals surface area (Å²) >= 11 is 12.2. The van der Waals surface area contributed by atoms with Gasteiger partial charge in [-0.3, -0.25) is 0 Å². The van der Waals surface area contributed by atoms with E-state index in [1.807, 2.05) is 48.0 Å². The molecule has 0 unspecified atom stereocenters. The van der Waals surface area contributed by atoms with E-state index in [2.05, 4.69) is 27.8 Å². The fraction of sp³-hybridized carbons (Fsp3) is 0.0909. The molecule has 2 amide bonds. The van der Waals surface area contributed by atoms with Gasteiger partial charge in [0.05, 0.1) is 0 Å². The van der Waals surface area contributed by atoms with E-state index < -0.39 is 0 Å². The van der Waals surface area contributed by atoms with Crippen molar-refractivity contribution in [3.63, 3.8) is 0 Å². The topological polar surface area (TPSA) is 59.0 Å². The van der Waals surface area contributed by atoms with E-state index >= 15 is 0 Å². The number of carbonyl (C=O) groups is 1. The molecule has 30 heavy (non-hydrogen) atoms. The first kappa shape index (κ1) is 20.8. The summed E-state index contributed by atoms with van der Waals surface area (Å²) in [6, 6.07) is 14.4. The number of anilines is 1. The van der Waals surface area contributed by atoms with Crippen LogP contribution in [0.3, 0.4) is 0 Å². The molecule has 1 aliphatic heterocycles. The molecule has 0 atom stereocenters. The Kier molecular flexibility index (Phi) is 6.30. The van der Waals surface area contributed by atoms with E-state index in [1.165, 1.54) is 4.47 Å². The van der Waals surface area contributed by atoms with Crippen LogP contribution < -0.4 is 10.6 Å². The normalized spacial score (nSPS) is 14.0. The average molecular weight is 506 g/mol. The Morgan fingerprint density at radius 3 is 2.67 bits per heavy atom. The number of hydrogen-bond acceptors (Lipinski definition) is 2. The van der Waals surface area contributed by atoms with Crippen molar-refractivity contribution < 1.29 is 4.79 Å². The number of carbonyl (C=O) groups excluding carboxylic acids is 1. The molecule has 0 aliphatic carbocycles. The van der Waals surface area contributed by atoms with Crippen molar-refractivity contribution in [2.75, 3.05) is 5.32 Å². The molecule has 3 aromatic rings. The van der Waals surface area contributed by atoms with Crippen LogP contribution in [0.1, 0.15) is 17.0 Å². The first-order valence-corrected chi connectivity index (χ1v) is 12.3. The van der Waals surface area contributed by atoms with Crippen molar-refractivity contribution in [2.24, 2.45) is 0 Å². The fourth-order valence-electron chi connectivity index (χ4n) is 3.19. The monoisotopic (exact) mass is 506 g/mol. The summed E-state index contributed by atoms with van der Waals surface area (Å²) in [4.78, 5) is 14.5. The van der Waals surface area contributed by atoms with Crippen LogP contribution in [0, 0.1) is 6.92 Å². The molecule has 2 heterocycles. The molecule has 0 saturated heterocycles. The molecule has 0 saturated carbocycles. The molecule has 4 rings (SSSR count). The van der Waals surface area contributed by atoms with Crippen LogP contribution in [-0.2, 0) is 6.54 Å². The van der Waals surface area contributed by atoms with Crippen LogP contribution in [0.4, 0.5) is 10.5 Å². The molecule has 8 heteroatoms. The number of allylic oxidation sites excluding steroid dienone is 2. The number of benzene rings is 2. The van der Waals surface area contributed by atoms with Gasteiger partial charge < -0.3 is 0 Å². The van der Waals surface area contributed by atoms with Gasteiger partial charge in [-0.2, -0.15) is 0 Å². The Bertz CT molecular complexity index is 1160. The van der Waals surface area contributed by atoms with E-state index in [0.29, 0.717) is 16.6 Å². The fourth-order valence-corrected chi connectivity index (χ4v) is 5.77. The zero-order valence-corrected chi connectivity index (χ0v) is 19.7. The third-order valence-electron chi connectivity index (χ3n) is 4.66. The van der Waals surface area contributed by atoms with Crippen LogP contribution in [0.15, 0.2) is 65.7 Å². The first-order chi connectivity index (χ1) is 14.5. The summed E-state index contributed by atoms with van der Waals surface area (Å²) in [5.74, 6) is 0. The van der Waals surface area contributed by atoms with Crippen LogP contribution >= 0.6 is 23.2 Å². The maximum atomic E-state index is 12.3. The van der Waals surface area contributed by atoms with Gasteiger partial charge in [0.2, 0.25) is 0 Å². The number of hydrogen-bond donors (Lipinski definition) is 2. The standard InChI is InChI=1S/C22H20Cl2N4OSe/c1-14-18(13-25-22(29)26-16-6-3-2-4-7-16)27-28(21(14)20-8-5-11-30-20)19-10-9-15(23)12-17(19)24/h2-12H,13,30H2,1H3,(H2,25,26,29). The molecule has 154 valence electrons. The molecule has 0 fully saturated rings. The Balaban J connectivity index is 1.62. The predicted octanol–water partition coefficient (Wildman–Crippen LogP) is 4.85. The van der Waals surface area contributed by atoms with Gasteiger partial charge in [0, 0.05) is 0 Å². The zero-order valence-electron chi connectivity index (χ0n) is 16.1. The van der Waals surface area contributed by atoms with E-state index in [4.69, 9.17) is 28.3 Å². The number of halogens is 2. The summed E-state index contributed by atoms with van der Waals surface area (Å²) in [5, 5.41) is 11.6. The van der Waals surface area contributed by atoms with Gasteiger partial charge in [-0.1, -0.05) is 0 Å². The van der Waals surface area contributed by atoms with Crippen molar-refractivity contribution >= 4 is 54.3 Å². The molecule has 0 bridgehead atoms. The van der Waals surface area contributed by atoms with Crippen LogP contribution in [-0.4, -0.2) is 30.8 Å². The summed E-state index contributed by atoms with van der Waals surface area (Å²) < 4.78 is 3.13. The van der Waals surface area contributed by atoms with Crippen LogP contribution in [0.5, 0.6) is 0 Å². The number of rotatable bonds is 5. The molecular formula is C22H20Cl2N4OSe. The predicted molar refractivity (Wildman–Crippen MR) is 126 cm³/mol. The molecule has 5 nitrogen and oxygen atoms in total. The van der Waals surface area contributed by atoms with Crippen LogP contribution in [0.25, 0.3) is 10.2 Å². The Morgan fingerprint density at radius 2 is 1.97 bits per heavy atom. The van der Waals surface area contributed by atoms with Gasteiger partial charge in [0.1, 0.15) is 0 Å². The second-order valence-corrected chi connectivity index (χ2v) is 9.96. The first-order valence-electron chi connectivity index (χ1n) is 9.30. The third-order valence-corrected chi connectivity index (χ3v) is 7.45. The second kappa shape index (κ2) is 9.11. The molecule has 2 aromatic carbocycles. The average Bonchev–Trinajstić information content (AvgIpc) is 3.35. The number of para-hydroxylation sites is 1. The molecule has 1 aliphatic rings. The Labute approximate surface area is 190 Å². The third kappa shape index (κ3) is 4.47. The summed E-state index contributed by atoms with van der Waals surface area (Å²) in [5.41, 5.74) is 4.35. The van der Waals surface area contributed by atoms with Crippen molar-refractivity contribution in [3.05, 3.63) is 92.7 Å². The number of amides is 2. The zero-order chi connectivity index (χ0) is 21.1. The SMILES string of the molecule is Cc1c(CNC(=O)Nc2ccccc2)nn(-c2ccc(Cl)cc2Cl)c1C1=CC=C[SeH2]1. The van der Waals surface area contributed by atoms with Crippen molar-refractivity contribution in [1.82, 2.24) is 15.1 Å². The van der Waals surface area contributed by atoms with Gasteiger partial charge in [0.15, 0.2) is 0 Å². The second-order valence-electron chi connectivity index (χ2n) is 6.69. The van der Waals surface area contributed by atoms with Gasteiger partial charge in [0.25, 0.3) is 0 Å². The number of nitrogens with zero attached hydrogens (tertiary/aromatic N) is 2. The number of nitrogens with one attached hydrogen (secondary N) is 2. The summed E-state index contributed by atoms with van der Waals surface area (Å²) in [7, 11) is 0. The Hall–Kier alpha value is -2.50. The van der Waals surface area contributed by atoms with Gasteiger partial charge in [-0.15, -0.1) is 0 Å². The van der Waals surface area contributed by atoms with E-state index in [1.54, 1.807) is 12.1 Å². The summed E-state index contributed by atoms with van der Waals surface area (Å²) in [6.45, 7) is 2.33. The van der Waals surface area contributed by atoms with Gasteiger partial charge in [-0.25, -0.2) is 0 Å². The minimum atomic E-state index is -0.380. The van der Waals surface area contributed by atoms with Gasteiger partial charge >= 0.3 is 191 Å². The molecule has 1 aromatic heterocycles. The molecule has 0 spiro atoms. The quantitative estimate of drug-likeness (QED) is 0.487. The molecule has 0 radical (unpaired) electrons.